The van der Waals surface area contributed by atoms with Crippen LogP contribution in [0.2, 0.25) is 5.02 Å². The number of aromatic carboxylic acids is 1. The number of hydrogen-bond donors (Lipinski definition) is 1. The first-order valence-electron chi connectivity index (χ1n) is 10.3. The molecule has 0 radical (unpaired) electrons. The number of carboxylic acids is 1. The first kappa shape index (κ1) is 23.9. The fraction of sp³-hybridized carbons (Fsp3) is 0.120. The van der Waals surface area contributed by atoms with Gasteiger partial charge in [0, 0.05) is 16.1 Å². The predicted molar refractivity (Wildman–Crippen MR) is 125 cm³/mol. The van der Waals surface area contributed by atoms with Gasteiger partial charge in [0.15, 0.2) is 0 Å². The number of hydrogen-bond acceptors (Lipinski definition) is 5. The maximum Gasteiger partial charge on any atom is 0.335 e. The van der Waals surface area contributed by atoms with Crippen LogP contribution in [0.5, 0.6) is 5.75 Å². The van der Waals surface area contributed by atoms with Crippen LogP contribution in [0.25, 0.3) is 22.0 Å². The van der Waals surface area contributed by atoms with Crippen LogP contribution in [0.1, 0.15) is 27.9 Å². The monoisotopic (exact) mass is 495 g/mol. The van der Waals surface area contributed by atoms with Crippen LogP contribution in [-0.2, 0) is 6.54 Å². The summed E-state index contributed by atoms with van der Waals surface area (Å²) in [5.41, 5.74) is -0.192. The molecule has 0 aliphatic rings. The van der Waals surface area contributed by atoms with E-state index in [1.54, 1.807) is 36.4 Å². The molecule has 0 aliphatic carbocycles. The summed E-state index contributed by atoms with van der Waals surface area (Å²) in [7, 11) is 0. The zero-order chi connectivity index (χ0) is 25.1. The Kier molecular flexibility index (Phi) is 6.75. The Hall–Kier alpha value is -4.29. The molecule has 176 valence electrons. The third-order valence-electron chi connectivity index (χ3n) is 5.33. The number of carbonyl (C=O) groups is 1. The van der Waals surface area contributed by atoms with Crippen molar-refractivity contribution in [2.45, 2.75) is 13.0 Å². The minimum atomic E-state index is -2.91. The van der Waals surface area contributed by atoms with Crippen LogP contribution in [0, 0.1) is 11.3 Å². The lowest BCUT2D eigenvalue weighted by Gasteiger charge is -2.14. The number of nitriles is 1. The molecule has 0 amide bonds. The molecular formula is C25H16ClF2N3O4. The SMILES string of the molecule is N#Cc1c(C(F)F)ccc2ncn(CCOc3ccc(Cl)cc3-c3cccc(C(=O)O)c3)c(=O)c12. The minimum absolute atomic E-state index is 0.00320. The number of aromatic nitrogens is 2. The van der Waals surface area contributed by atoms with Crippen LogP contribution in [0.3, 0.4) is 0 Å². The number of benzene rings is 3. The lowest BCUT2D eigenvalue weighted by Crippen LogP contribution is -2.24. The molecule has 0 unspecified atom stereocenters. The van der Waals surface area contributed by atoms with E-state index in [1.165, 1.54) is 29.1 Å². The molecule has 0 saturated heterocycles. The molecule has 1 heterocycles. The highest BCUT2D eigenvalue weighted by atomic mass is 35.5. The summed E-state index contributed by atoms with van der Waals surface area (Å²) in [6.45, 7) is 0.0134. The quantitative estimate of drug-likeness (QED) is 0.373. The Morgan fingerprint density at radius 3 is 2.71 bits per heavy atom. The molecule has 1 aromatic heterocycles. The van der Waals surface area contributed by atoms with Crippen molar-refractivity contribution < 1.29 is 23.4 Å². The molecule has 0 spiro atoms. The summed E-state index contributed by atoms with van der Waals surface area (Å²) in [4.78, 5) is 28.4. The van der Waals surface area contributed by atoms with Crippen molar-refractivity contribution in [2.75, 3.05) is 6.61 Å². The zero-order valence-electron chi connectivity index (χ0n) is 17.9. The smallest absolute Gasteiger partial charge is 0.335 e. The molecule has 0 fully saturated rings. The first-order chi connectivity index (χ1) is 16.8. The zero-order valence-corrected chi connectivity index (χ0v) is 18.7. The van der Waals surface area contributed by atoms with Gasteiger partial charge in [-0.15, -0.1) is 0 Å². The molecule has 0 aliphatic heterocycles. The van der Waals surface area contributed by atoms with E-state index in [1.807, 2.05) is 0 Å². The second-order valence-electron chi connectivity index (χ2n) is 7.45. The van der Waals surface area contributed by atoms with Crippen LogP contribution in [0.4, 0.5) is 8.78 Å². The van der Waals surface area contributed by atoms with Crippen molar-refractivity contribution in [3.8, 4) is 22.9 Å². The average molecular weight is 496 g/mol. The fourth-order valence-corrected chi connectivity index (χ4v) is 3.82. The van der Waals surface area contributed by atoms with E-state index in [4.69, 9.17) is 16.3 Å². The van der Waals surface area contributed by atoms with Crippen LogP contribution >= 0.6 is 11.6 Å². The van der Waals surface area contributed by atoms with E-state index >= 15 is 0 Å². The average Bonchev–Trinajstić information content (AvgIpc) is 2.85. The number of carboxylic acid groups (broad SMARTS) is 1. The fourth-order valence-electron chi connectivity index (χ4n) is 3.65. The molecule has 0 saturated carbocycles. The van der Waals surface area contributed by atoms with Crippen molar-refractivity contribution in [3.05, 3.63) is 93.0 Å². The largest absolute Gasteiger partial charge is 0.491 e. The highest BCUT2D eigenvalue weighted by Gasteiger charge is 2.19. The van der Waals surface area contributed by atoms with Gasteiger partial charge in [-0.25, -0.2) is 18.6 Å². The maximum atomic E-state index is 13.3. The van der Waals surface area contributed by atoms with Gasteiger partial charge in [0.05, 0.1) is 34.9 Å². The molecule has 3 aromatic carbocycles. The van der Waals surface area contributed by atoms with E-state index in [9.17, 15) is 28.7 Å². The van der Waals surface area contributed by atoms with Gasteiger partial charge >= 0.3 is 5.97 Å². The summed E-state index contributed by atoms with van der Waals surface area (Å²) in [5, 5.41) is 18.9. The third kappa shape index (κ3) is 4.83. The molecule has 10 heteroatoms. The topological polar surface area (TPSA) is 105 Å². The molecule has 0 bridgehead atoms. The number of rotatable bonds is 7. The number of ether oxygens (including phenoxy) is 1. The summed E-state index contributed by atoms with van der Waals surface area (Å²) >= 11 is 6.13. The van der Waals surface area contributed by atoms with Crippen molar-refractivity contribution in [3.63, 3.8) is 0 Å². The van der Waals surface area contributed by atoms with Gasteiger partial charge < -0.3 is 9.84 Å². The van der Waals surface area contributed by atoms with Gasteiger partial charge in [-0.2, -0.15) is 5.26 Å². The summed E-state index contributed by atoms with van der Waals surface area (Å²) in [6.07, 6.45) is -1.65. The van der Waals surface area contributed by atoms with Gasteiger partial charge in [-0.05, 0) is 48.0 Å². The Labute approximate surface area is 202 Å². The van der Waals surface area contributed by atoms with Gasteiger partial charge in [-0.3, -0.25) is 9.36 Å². The van der Waals surface area contributed by atoms with Crippen molar-refractivity contribution in [1.82, 2.24) is 9.55 Å². The number of fused-ring (bicyclic) bond motifs is 1. The standard InChI is InChI=1S/C25H16ClF2N3O4/c26-16-4-7-21(18(11-16)14-2-1-3-15(10-14)25(33)34)35-9-8-31-13-30-20-6-5-17(23(27)28)19(12-29)22(20)24(31)32/h1-7,10-11,13,23H,8-9H2,(H,33,34). The number of nitrogens with zero attached hydrogens (tertiary/aromatic N) is 3. The molecule has 4 aromatic rings. The Morgan fingerprint density at radius 1 is 1.20 bits per heavy atom. The Balaban J connectivity index is 1.63. The molecular weight excluding hydrogens is 480 g/mol. The second-order valence-corrected chi connectivity index (χ2v) is 7.89. The van der Waals surface area contributed by atoms with Crippen molar-refractivity contribution in [1.29, 1.82) is 5.26 Å². The van der Waals surface area contributed by atoms with Crippen molar-refractivity contribution >= 4 is 28.5 Å². The lowest BCUT2D eigenvalue weighted by atomic mass is 10.0. The van der Waals surface area contributed by atoms with Crippen LogP contribution in [-0.4, -0.2) is 27.2 Å². The third-order valence-corrected chi connectivity index (χ3v) is 5.56. The highest BCUT2D eigenvalue weighted by Crippen LogP contribution is 2.33. The minimum Gasteiger partial charge on any atom is -0.491 e. The maximum absolute atomic E-state index is 13.3. The second kappa shape index (κ2) is 9.91. The normalized spacial score (nSPS) is 10.9. The van der Waals surface area contributed by atoms with E-state index in [2.05, 4.69) is 4.98 Å². The molecule has 7 nitrogen and oxygen atoms in total. The molecule has 1 N–H and O–H groups in total. The van der Waals surface area contributed by atoms with Gasteiger partial charge in [0.25, 0.3) is 12.0 Å². The molecule has 4 rings (SSSR count). The van der Waals surface area contributed by atoms with E-state index < -0.39 is 29.1 Å². The lowest BCUT2D eigenvalue weighted by molar-refractivity contribution is 0.0697. The van der Waals surface area contributed by atoms with Gasteiger partial charge in [0.2, 0.25) is 0 Å². The van der Waals surface area contributed by atoms with Gasteiger partial charge in [0.1, 0.15) is 18.4 Å². The first-order valence-corrected chi connectivity index (χ1v) is 10.6. The summed E-state index contributed by atoms with van der Waals surface area (Å²) in [6, 6.07) is 15.2. The highest BCUT2D eigenvalue weighted by molar-refractivity contribution is 6.31. The Bertz CT molecular complexity index is 1550. The summed E-state index contributed by atoms with van der Waals surface area (Å²) < 4.78 is 33.6. The predicted octanol–water partition coefficient (Wildman–Crippen LogP) is 5.30. The van der Waals surface area contributed by atoms with Crippen LogP contribution in [0.15, 0.2) is 65.7 Å². The number of halogens is 3. The molecule has 35 heavy (non-hydrogen) atoms. The van der Waals surface area contributed by atoms with E-state index in [0.717, 1.165) is 6.07 Å². The number of alkyl halides is 2. The van der Waals surface area contributed by atoms with Crippen LogP contribution < -0.4 is 10.3 Å². The van der Waals surface area contributed by atoms with E-state index in [0.29, 0.717) is 21.9 Å². The summed E-state index contributed by atoms with van der Waals surface area (Å²) in [5.74, 6) is -0.678. The van der Waals surface area contributed by atoms with Gasteiger partial charge in [-0.1, -0.05) is 23.7 Å². The van der Waals surface area contributed by atoms with E-state index in [-0.39, 0.29) is 29.6 Å². The molecule has 0 atom stereocenters. The van der Waals surface area contributed by atoms with Crippen molar-refractivity contribution in [2.24, 2.45) is 0 Å². The Morgan fingerprint density at radius 2 is 2.00 bits per heavy atom.